The number of nitrogens with two attached hydrogens (primary N) is 1. The van der Waals surface area contributed by atoms with Crippen molar-refractivity contribution in [2.24, 2.45) is 5.73 Å². The highest BCUT2D eigenvalue weighted by atomic mass is 16.6. The van der Waals surface area contributed by atoms with Gasteiger partial charge in [-0.3, -0.25) is 0 Å². The SMILES string of the molecule is Cc1ccc(C)c(C(N)CNC(=O)OC(C)(C)C)c1. The van der Waals surface area contributed by atoms with Crippen molar-refractivity contribution in [2.45, 2.75) is 46.3 Å². The highest BCUT2D eigenvalue weighted by Crippen LogP contribution is 2.17. The minimum Gasteiger partial charge on any atom is -0.444 e. The molecular formula is C15H24N2O2. The molecule has 0 radical (unpaired) electrons. The fraction of sp³-hybridized carbons (Fsp3) is 0.533. The second-order valence-corrected chi connectivity index (χ2v) is 5.85. The van der Waals surface area contributed by atoms with Gasteiger partial charge in [-0.05, 0) is 45.7 Å². The molecule has 4 heteroatoms. The van der Waals surface area contributed by atoms with Gasteiger partial charge in [0.05, 0.1) is 0 Å². The maximum absolute atomic E-state index is 11.6. The van der Waals surface area contributed by atoms with Crippen molar-refractivity contribution in [3.63, 3.8) is 0 Å². The lowest BCUT2D eigenvalue weighted by Gasteiger charge is -2.21. The molecule has 0 fully saturated rings. The fourth-order valence-electron chi connectivity index (χ4n) is 1.78. The Kier molecular flexibility index (Phi) is 4.95. The summed E-state index contributed by atoms with van der Waals surface area (Å²) in [6.07, 6.45) is -0.437. The van der Waals surface area contributed by atoms with Crippen LogP contribution in [-0.4, -0.2) is 18.2 Å². The topological polar surface area (TPSA) is 64.3 Å². The third kappa shape index (κ3) is 5.30. The molecule has 0 aliphatic rings. The number of nitrogens with one attached hydrogen (secondary N) is 1. The summed E-state index contributed by atoms with van der Waals surface area (Å²) in [5.41, 5.74) is 8.96. The Hall–Kier alpha value is -1.55. The Morgan fingerprint density at radius 2 is 2.00 bits per heavy atom. The van der Waals surface area contributed by atoms with Crippen molar-refractivity contribution >= 4 is 6.09 Å². The van der Waals surface area contributed by atoms with Gasteiger partial charge in [0.1, 0.15) is 5.60 Å². The maximum atomic E-state index is 11.6. The Labute approximate surface area is 115 Å². The molecule has 1 unspecified atom stereocenters. The van der Waals surface area contributed by atoms with Gasteiger partial charge in [-0.1, -0.05) is 23.8 Å². The van der Waals surface area contributed by atoms with E-state index in [4.69, 9.17) is 10.5 Å². The van der Waals surface area contributed by atoms with E-state index in [9.17, 15) is 4.79 Å². The van der Waals surface area contributed by atoms with E-state index in [2.05, 4.69) is 11.4 Å². The number of carbonyl (C=O) groups is 1. The molecule has 3 N–H and O–H groups in total. The van der Waals surface area contributed by atoms with E-state index in [0.717, 1.165) is 16.7 Å². The van der Waals surface area contributed by atoms with E-state index in [1.165, 1.54) is 0 Å². The minimum absolute atomic E-state index is 0.229. The summed E-state index contributed by atoms with van der Waals surface area (Å²) in [6.45, 7) is 9.89. The molecule has 1 atom stereocenters. The summed E-state index contributed by atoms with van der Waals surface area (Å²) in [5.74, 6) is 0. The molecule has 19 heavy (non-hydrogen) atoms. The van der Waals surface area contributed by atoms with Crippen molar-refractivity contribution in [2.75, 3.05) is 6.54 Å². The number of hydrogen-bond acceptors (Lipinski definition) is 3. The van der Waals surface area contributed by atoms with Crippen LogP contribution in [0.2, 0.25) is 0 Å². The molecule has 106 valence electrons. The Bertz CT molecular complexity index is 450. The van der Waals surface area contributed by atoms with Crippen LogP contribution in [0.1, 0.15) is 43.5 Å². The average molecular weight is 264 g/mol. The summed E-state index contributed by atoms with van der Waals surface area (Å²) >= 11 is 0. The van der Waals surface area contributed by atoms with Gasteiger partial charge in [0.25, 0.3) is 0 Å². The Morgan fingerprint density at radius 1 is 1.37 bits per heavy atom. The number of alkyl carbamates (subject to hydrolysis) is 1. The van der Waals surface area contributed by atoms with Crippen LogP contribution in [0.3, 0.4) is 0 Å². The van der Waals surface area contributed by atoms with Crippen LogP contribution in [0.15, 0.2) is 18.2 Å². The molecule has 1 amide bonds. The van der Waals surface area contributed by atoms with Crippen molar-refractivity contribution in [1.29, 1.82) is 0 Å². The summed E-state index contributed by atoms with van der Waals surface area (Å²) in [7, 11) is 0. The average Bonchev–Trinajstić information content (AvgIpc) is 2.27. The predicted octanol–water partition coefficient (Wildman–Crippen LogP) is 2.83. The number of aryl methyl sites for hydroxylation is 2. The van der Waals surface area contributed by atoms with Gasteiger partial charge in [0.15, 0.2) is 0 Å². The van der Waals surface area contributed by atoms with E-state index in [1.807, 2.05) is 46.8 Å². The molecule has 1 aromatic rings. The first-order valence-electron chi connectivity index (χ1n) is 6.48. The molecule has 4 nitrogen and oxygen atoms in total. The lowest BCUT2D eigenvalue weighted by Crippen LogP contribution is -2.36. The van der Waals surface area contributed by atoms with E-state index < -0.39 is 11.7 Å². The van der Waals surface area contributed by atoms with Crippen LogP contribution in [-0.2, 0) is 4.74 Å². The van der Waals surface area contributed by atoms with Gasteiger partial charge in [-0.15, -0.1) is 0 Å². The van der Waals surface area contributed by atoms with Crippen LogP contribution in [0.25, 0.3) is 0 Å². The minimum atomic E-state index is -0.493. The van der Waals surface area contributed by atoms with E-state index in [0.29, 0.717) is 6.54 Å². The van der Waals surface area contributed by atoms with Crippen LogP contribution in [0.5, 0.6) is 0 Å². The molecule has 0 saturated heterocycles. The summed E-state index contributed by atoms with van der Waals surface area (Å²) in [5, 5.41) is 2.70. The van der Waals surface area contributed by atoms with E-state index >= 15 is 0 Å². The number of amides is 1. The molecular weight excluding hydrogens is 240 g/mol. The van der Waals surface area contributed by atoms with Gasteiger partial charge in [0.2, 0.25) is 0 Å². The predicted molar refractivity (Wildman–Crippen MR) is 77.1 cm³/mol. The molecule has 1 rings (SSSR count). The fourth-order valence-corrected chi connectivity index (χ4v) is 1.78. The summed E-state index contributed by atoms with van der Waals surface area (Å²) < 4.78 is 5.17. The monoisotopic (exact) mass is 264 g/mol. The van der Waals surface area contributed by atoms with Gasteiger partial charge < -0.3 is 15.8 Å². The van der Waals surface area contributed by atoms with E-state index in [-0.39, 0.29) is 6.04 Å². The van der Waals surface area contributed by atoms with Crippen LogP contribution < -0.4 is 11.1 Å². The molecule has 1 aromatic carbocycles. The standard InChI is InChI=1S/C15H24N2O2/c1-10-6-7-11(2)12(8-10)13(16)9-17-14(18)19-15(3,4)5/h6-8,13H,9,16H2,1-5H3,(H,17,18). The summed E-state index contributed by atoms with van der Waals surface area (Å²) in [6, 6.07) is 5.91. The number of carbonyl (C=O) groups excluding carboxylic acids is 1. The zero-order chi connectivity index (χ0) is 14.6. The molecule has 0 spiro atoms. The number of ether oxygens (including phenoxy) is 1. The van der Waals surface area contributed by atoms with Crippen LogP contribution in [0, 0.1) is 13.8 Å². The lowest BCUT2D eigenvalue weighted by atomic mass is 9.99. The molecule has 0 aromatic heterocycles. The zero-order valence-corrected chi connectivity index (χ0v) is 12.4. The normalized spacial score (nSPS) is 12.9. The van der Waals surface area contributed by atoms with Crippen molar-refractivity contribution in [3.8, 4) is 0 Å². The van der Waals surface area contributed by atoms with Gasteiger partial charge >= 0.3 is 6.09 Å². The quantitative estimate of drug-likeness (QED) is 0.882. The third-order valence-corrected chi connectivity index (χ3v) is 2.70. The number of benzene rings is 1. The highest BCUT2D eigenvalue weighted by Gasteiger charge is 2.17. The number of hydrogen-bond donors (Lipinski definition) is 2. The Morgan fingerprint density at radius 3 is 2.58 bits per heavy atom. The maximum Gasteiger partial charge on any atom is 0.407 e. The molecule has 0 saturated carbocycles. The smallest absolute Gasteiger partial charge is 0.407 e. The first-order valence-corrected chi connectivity index (χ1v) is 6.48. The summed E-state index contributed by atoms with van der Waals surface area (Å²) in [4.78, 5) is 11.6. The third-order valence-electron chi connectivity index (χ3n) is 2.70. The zero-order valence-electron chi connectivity index (χ0n) is 12.4. The second-order valence-electron chi connectivity index (χ2n) is 5.85. The van der Waals surface area contributed by atoms with Crippen LogP contribution >= 0.6 is 0 Å². The highest BCUT2D eigenvalue weighted by molar-refractivity contribution is 5.67. The molecule has 0 heterocycles. The molecule has 0 bridgehead atoms. The molecule has 0 aliphatic heterocycles. The van der Waals surface area contributed by atoms with Gasteiger partial charge in [-0.25, -0.2) is 4.79 Å². The first kappa shape index (κ1) is 15.5. The number of rotatable bonds is 3. The Balaban J connectivity index is 2.58. The van der Waals surface area contributed by atoms with Gasteiger partial charge in [-0.2, -0.15) is 0 Å². The second kappa shape index (κ2) is 6.06. The van der Waals surface area contributed by atoms with Crippen molar-refractivity contribution in [3.05, 3.63) is 34.9 Å². The van der Waals surface area contributed by atoms with Crippen molar-refractivity contribution in [1.82, 2.24) is 5.32 Å². The molecule has 0 aliphatic carbocycles. The van der Waals surface area contributed by atoms with Crippen LogP contribution in [0.4, 0.5) is 4.79 Å². The van der Waals surface area contributed by atoms with Gasteiger partial charge in [0, 0.05) is 12.6 Å². The van der Waals surface area contributed by atoms with E-state index in [1.54, 1.807) is 0 Å². The van der Waals surface area contributed by atoms with Crippen molar-refractivity contribution < 1.29 is 9.53 Å². The lowest BCUT2D eigenvalue weighted by molar-refractivity contribution is 0.0524. The largest absolute Gasteiger partial charge is 0.444 e. The first-order chi connectivity index (χ1) is 8.69.